The van der Waals surface area contributed by atoms with Crippen LogP contribution in [0.3, 0.4) is 0 Å². The number of hydrogen-bond acceptors (Lipinski definition) is 9. The molecule has 192 valence electrons. The van der Waals surface area contributed by atoms with Gasteiger partial charge in [-0.3, -0.25) is 9.59 Å². The van der Waals surface area contributed by atoms with Crippen LogP contribution >= 0.6 is 0 Å². The molecule has 0 unspecified atom stereocenters. The quantitative estimate of drug-likeness (QED) is 0.441. The molecule has 3 N–H and O–H groups in total. The molecule has 4 rings (SSSR count). The second kappa shape index (κ2) is 11.0. The van der Waals surface area contributed by atoms with Crippen LogP contribution in [0.25, 0.3) is 0 Å². The number of benzene rings is 1. The van der Waals surface area contributed by atoms with Crippen molar-refractivity contribution in [1.82, 2.24) is 10.3 Å². The van der Waals surface area contributed by atoms with E-state index in [1.807, 2.05) is 4.90 Å². The summed E-state index contributed by atoms with van der Waals surface area (Å²) in [6, 6.07) is 11.3. The molecule has 10 heteroatoms. The molecule has 0 saturated carbocycles. The van der Waals surface area contributed by atoms with Crippen LogP contribution in [0.1, 0.15) is 47.8 Å². The number of amides is 1. The molecule has 1 amide bonds. The van der Waals surface area contributed by atoms with Crippen molar-refractivity contribution in [3.63, 3.8) is 0 Å². The molecule has 0 bridgehead atoms. The number of carbonyl (C=O) groups is 1. The van der Waals surface area contributed by atoms with E-state index in [0.717, 1.165) is 0 Å². The van der Waals surface area contributed by atoms with Crippen LogP contribution in [0, 0.1) is 18.3 Å². The molecule has 1 atom stereocenters. The van der Waals surface area contributed by atoms with Gasteiger partial charge in [-0.25, -0.2) is 4.98 Å². The van der Waals surface area contributed by atoms with Gasteiger partial charge in [-0.2, -0.15) is 5.26 Å². The summed E-state index contributed by atoms with van der Waals surface area (Å²) in [5, 5.41) is 32.9. The van der Waals surface area contributed by atoms with Gasteiger partial charge < -0.3 is 29.6 Å². The molecule has 3 heterocycles. The fraction of sp³-hybridized carbons (Fsp3) is 0.333. The van der Waals surface area contributed by atoms with Gasteiger partial charge in [0.15, 0.2) is 17.3 Å². The Morgan fingerprint density at radius 3 is 2.76 bits per heavy atom. The van der Waals surface area contributed by atoms with Crippen molar-refractivity contribution in [3.8, 4) is 23.3 Å². The lowest BCUT2D eigenvalue weighted by atomic mass is 9.91. The number of piperidine rings is 1. The van der Waals surface area contributed by atoms with Crippen molar-refractivity contribution in [2.24, 2.45) is 0 Å². The standard InChI is InChI=1S/C27H28N4O6/c1-16-12-22(33)25(35)26(37-16)20(17-5-6-21(32)23(13-17)36-2)14-24(34)30-19-7-10-31(11-8-19)27-18(15-28)4-3-9-29-27/h3-6,9,12-13,19-20,32,35H,7-8,10-11,14H2,1-2H3,(H,30,34)/t20-/m1/s1. The Morgan fingerprint density at radius 1 is 1.30 bits per heavy atom. The van der Waals surface area contributed by atoms with Crippen molar-refractivity contribution in [2.75, 3.05) is 25.1 Å². The van der Waals surface area contributed by atoms with Gasteiger partial charge in [0.1, 0.15) is 17.6 Å². The molecule has 3 aromatic rings. The van der Waals surface area contributed by atoms with Crippen LogP contribution in [0.4, 0.5) is 5.82 Å². The van der Waals surface area contributed by atoms with Crippen LogP contribution < -0.4 is 20.4 Å². The Hall–Kier alpha value is -4.52. The minimum atomic E-state index is -0.797. The summed E-state index contributed by atoms with van der Waals surface area (Å²) in [5.41, 5.74) is 0.438. The minimum Gasteiger partial charge on any atom is -0.504 e. The lowest BCUT2D eigenvalue weighted by Crippen LogP contribution is -2.45. The lowest BCUT2D eigenvalue weighted by molar-refractivity contribution is -0.122. The Kier molecular flexibility index (Phi) is 7.63. The van der Waals surface area contributed by atoms with Gasteiger partial charge in [-0.15, -0.1) is 0 Å². The highest BCUT2D eigenvalue weighted by Crippen LogP contribution is 2.37. The number of nitrogens with zero attached hydrogens (tertiary/aromatic N) is 3. The second-order valence-electron chi connectivity index (χ2n) is 8.94. The van der Waals surface area contributed by atoms with Crippen molar-refractivity contribution in [3.05, 3.63) is 75.5 Å². The average molecular weight is 505 g/mol. The number of rotatable bonds is 7. The highest BCUT2D eigenvalue weighted by molar-refractivity contribution is 5.78. The Balaban J connectivity index is 1.51. The second-order valence-corrected chi connectivity index (χ2v) is 8.94. The van der Waals surface area contributed by atoms with Gasteiger partial charge in [0, 0.05) is 37.8 Å². The number of aryl methyl sites for hydroxylation is 1. The maximum absolute atomic E-state index is 13.2. The molecule has 0 radical (unpaired) electrons. The zero-order valence-corrected chi connectivity index (χ0v) is 20.6. The number of aromatic hydroxyl groups is 2. The number of carbonyl (C=O) groups excluding carboxylic acids is 1. The first-order valence-electron chi connectivity index (χ1n) is 11.9. The Morgan fingerprint density at radius 2 is 2.05 bits per heavy atom. The SMILES string of the molecule is COc1cc([C@@H](CC(=O)NC2CCN(c3ncccc3C#N)CC2)c2oc(C)cc(=O)c2O)ccc1O. The van der Waals surface area contributed by atoms with Crippen molar-refractivity contribution in [1.29, 1.82) is 5.26 Å². The number of hydrogen-bond donors (Lipinski definition) is 3. The largest absolute Gasteiger partial charge is 0.504 e. The first kappa shape index (κ1) is 25.6. The van der Waals surface area contributed by atoms with Gasteiger partial charge in [0.2, 0.25) is 17.1 Å². The average Bonchev–Trinajstić information content (AvgIpc) is 2.90. The summed E-state index contributed by atoms with van der Waals surface area (Å²) in [5.74, 6) is -0.619. The summed E-state index contributed by atoms with van der Waals surface area (Å²) in [7, 11) is 1.40. The highest BCUT2D eigenvalue weighted by Gasteiger charge is 2.29. The molecule has 37 heavy (non-hydrogen) atoms. The number of aromatic nitrogens is 1. The van der Waals surface area contributed by atoms with E-state index in [0.29, 0.717) is 48.6 Å². The minimum absolute atomic E-state index is 0.0260. The number of phenols is 1. The Labute approximate surface area is 213 Å². The first-order chi connectivity index (χ1) is 17.8. The zero-order chi connectivity index (χ0) is 26.5. The highest BCUT2D eigenvalue weighted by atomic mass is 16.5. The first-order valence-corrected chi connectivity index (χ1v) is 11.9. The number of nitrogens with one attached hydrogen (secondary N) is 1. The van der Waals surface area contributed by atoms with Gasteiger partial charge in [-0.1, -0.05) is 6.07 Å². The number of ether oxygens (including phenoxy) is 1. The van der Waals surface area contributed by atoms with E-state index in [4.69, 9.17) is 9.15 Å². The third-order valence-electron chi connectivity index (χ3n) is 6.45. The summed E-state index contributed by atoms with van der Waals surface area (Å²) in [4.78, 5) is 31.8. The summed E-state index contributed by atoms with van der Waals surface area (Å²) >= 11 is 0. The third-order valence-corrected chi connectivity index (χ3v) is 6.45. The molecular formula is C27H28N4O6. The van der Waals surface area contributed by atoms with Crippen LogP contribution in [0.2, 0.25) is 0 Å². The monoisotopic (exact) mass is 504 g/mol. The number of anilines is 1. The van der Waals surface area contributed by atoms with E-state index in [-0.39, 0.29) is 35.6 Å². The zero-order valence-electron chi connectivity index (χ0n) is 20.6. The number of phenolic OH excluding ortho intramolecular Hbond substituents is 1. The molecule has 2 aromatic heterocycles. The molecule has 1 fully saturated rings. The fourth-order valence-corrected chi connectivity index (χ4v) is 4.58. The van der Waals surface area contributed by atoms with Crippen LogP contribution in [0.5, 0.6) is 17.2 Å². The third kappa shape index (κ3) is 5.67. The Bertz CT molecular complexity index is 1390. The topological polar surface area (TPSA) is 149 Å². The van der Waals surface area contributed by atoms with Gasteiger partial charge in [0.05, 0.1) is 18.6 Å². The molecule has 0 spiro atoms. The lowest BCUT2D eigenvalue weighted by Gasteiger charge is -2.33. The van der Waals surface area contributed by atoms with Crippen LogP contribution in [0.15, 0.2) is 51.8 Å². The van der Waals surface area contributed by atoms with Crippen molar-refractivity contribution >= 4 is 11.7 Å². The van der Waals surface area contributed by atoms with Gasteiger partial charge >= 0.3 is 0 Å². The number of nitriles is 1. The maximum Gasteiger partial charge on any atom is 0.227 e. The predicted molar refractivity (Wildman–Crippen MR) is 135 cm³/mol. The van der Waals surface area contributed by atoms with Crippen LogP contribution in [-0.2, 0) is 4.79 Å². The fourth-order valence-electron chi connectivity index (χ4n) is 4.58. The van der Waals surface area contributed by atoms with E-state index in [2.05, 4.69) is 16.4 Å². The molecule has 1 aliphatic rings. The smallest absolute Gasteiger partial charge is 0.227 e. The molecule has 1 aliphatic heterocycles. The van der Waals surface area contributed by atoms with E-state index in [1.165, 1.54) is 19.2 Å². The van der Waals surface area contributed by atoms with Crippen LogP contribution in [-0.4, -0.2) is 47.3 Å². The summed E-state index contributed by atoms with van der Waals surface area (Å²) < 4.78 is 10.9. The van der Waals surface area contributed by atoms with E-state index < -0.39 is 17.1 Å². The van der Waals surface area contributed by atoms with Crippen molar-refractivity contribution in [2.45, 2.75) is 38.1 Å². The molecule has 10 nitrogen and oxygen atoms in total. The normalized spacial score (nSPS) is 14.6. The molecule has 1 saturated heterocycles. The predicted octanol–water partition coefficient (Wildman–Crippen LogP) is 2.94. The van der Waals surface area contributed by atoms with Gasteiger partial charge in [0.25, 0.3) is 0 Å². The van der Waals surface area contributed by atoms with E-state index in [1.54, 1.807) is 37.4 Å². The van der Waals surface area contributed by atoms with E-state index >= 15 is 0 Å². The number of methoxy groups -OCH3 is 1. The van der Waals surface area contributed by atoms with E-state index in [9.17, 15) is 25.1 Å². The summed E-state index contributed by atoms with van der Waals surface area (Å²) in [6.07, 6.45) is 2.87. The molecular weight excluding hydrogens is 476 g/mol. The summed E-state index contributed by atoms with van der Waals surface area (Å²) in [6.45, 7) is 2.84. The molecule has 1 aromatic carbocycles. The van der Waals surface area contributed by atoms with Crippen molar-refractivity contribution < 1.29 is 24.2 Å². The number of pyridine rings is 1. The molecule has 0 aliphatic carbocycles. The maximum atomic E-state index is 13.2. The van der Waals surface area contributed by atoms with Gasteiger partial charge in [-0.05, 0) is 49.6 Å².